The van der Waals surface area contributed by atoms with Crippen LogP contribution in [-0.4, -0.2) is 73.6 Å². The van der Waals surface area contributed by atoms with Crippen LogP contribution >= 0.6 is 0 Å². The second kappa shape index (κ2) is 13.4. The van der Waals surface area contributed by atoms with Gasteiger partial charge in [0.15, 0.2) is 6.17 Å². The number of aliphatic hydroxyl groups excluding tert-OH is 3. The number of halogens is 1. The SMILES string of the molecule is CC(C)c1nn(Cc2ccccc2)c(OC2OC(CO)C(F)C(O)C2O)c1Cc1ccc(CCCC(=O)O)cc1. The number of hydrogen-bond acceptors (Lipinski definition) is 7. The van der Waals surface area contributed by atoms with Crippen molar-refractivity contribution in [2.45, 2.75) is 82.8 Å². The molecular formula is C30H37FN2O7. The molecule has 9 nitrogen and oxygen atoms in total. The highest BCUT2D eigenvalue weighted by Crippen LogP contribution is 2.34. The zero-order valence-corrected chi connectivity index (χ0v) is 22.7. The molecule has 3 aromatic rings. The molecule has 5 unspecified atom stereocenters. The van der Waals surface area contributed by atoms with E-state index in [1.807, 2.05) is 68.4 Å². The van der Waals surface area contributed by atoms with E-state index in [2.05, 4.69) is 0 Å². The zero-order valence-electron chi connectivity index (χ0n) is 22.7. The summed E-state index contributed by atoms with van der Waals surface area (Å²) in [6.45, 7) is 3.70. The van der Waals surface area contributed by atoms with E-state index in [9.17, 15) is 24.5 Å². The van der Waals surface area contributed by atoms with Crippen LogP contribution in [0.25, 0.3) is 0 Å². The molecule has 0 saturated carbocycles. The van der Waals surface area contributed by atoms with Gasteiger partial charge in [0.25, 0.3) is 0 Å². The summed E-state index contributed by atoms with van der Waals surface area (Å²) in [6.07, 6.45) is -6.45. The third-order valence-electron chi connectivity index (χ3n) is 7.04. The lowest BCUT2D eigenvalue weighted by Gasteiger charge is -2.38. The Morgan fingerprint density at radius 1 is 1.05 bits per heavy atom. The van der Waals surface area contributed by atoms with Gasteiger partial charge in [-0.1, -0.05) is 68.4 Å². The fourth-order valence-corrected chi connectivity index (χ4v) is 4.85. The zero-order chi connectivity index (χ0) is 28.8. The maximum absolute atomic E-state index is 14.4. The third kappa shape index (κ3) is 7.06. The summed E-state index contributed by atoms with van der Waals surface area (Å²) in [5, 5.41) is 44.2. The Balaban J connectivity index is 1.67. The van der Waals surface area contributed by atoms with Crippen LogP contribution in [0.3, 0.4) is 0 Å². The largest absolute Gasteiger partial charge is 0.481 e. The average Bonchev–Trinajstić information content (AvgIpc) is 3.26. The maximum Gasteiger partial charge on any atom is 0.303 e. The van der Waals surface area contributed by atoms with E-state index in [0.29, 0.717) is 31.7 Å². The first kappa shape index (κ1) is 29.7. The smallest absolute Gasteiger partial charge is 0.303 e. The number of aliphatic carboxylic acids is 1. The second-order valence-corrected chi connectivity index (χ2v) is 10.5. The van der Waals surface area contributed by atoms with E-state index in [1.54, 1.807) is 4.68 Å². The number of hydrogen-bond donors (Lipinski definition) is 4. The summed E-state index contributed by atoms with van der Waals surface area (Å²) in [5.74, 6) is -0.471. The standard InChI is InChI=1S/C30H37FN2O7/c1-18(2)26-22(15-20-13-11-19(12-14-20)9-6-10-24(35)36)29(33(32-26)16-21-7-4-3-5-8-21)40-30-28(38)27(37)25(31)23(17-34)39-30/h3-5,7-8,11-14,18,23,25,27-28,30,34,37-38H,6,9-10,15-17H2,1-2H3,(H,35,36). The van der Waals surface area contributed by atoms with Gasteiger partial charge in [0, 0.05) is 18.4 Å². The molecule has 0 spiro atoms. The molecule has 5 atom stereocenters. The first-order chi connectivity index (χ1) is 19.2. The van der Waals surface area contributed by atoms with Gasteiger partial charge in [-0.15, -0.1) is 0 Å². The first-order valence-electron chi connectivity index (χ1n) is 13.5. The van der Waals surface area contributed by atoms with Gasteiger partial charge in [0.2, 0.25) is 12.2 Å². The van der Waals surface area contributed by atoms with Gasteiger partial charge < -0.3 is 29.9 Å². The van der Waals surface area contributed by atoms with Crippen LogP contribution in [-0.2, 0) is 28.9 Å². The fourth-order valence-electron chi connectivity index (χ4n) is 4.85. The van der Waals surface area contributed by atoms with Crippen molar-refractivity contribution >= 4 is 5.97 Å². The molecule has 1 aliphatic rings. The van der Waals surface area contributed by atoms with Crippen LogP contribution in [0.5, 0.6) is 5.88 Å². The van der Waals surface area contributed by atoms with E-state index in [0.717, 1.165) is 27.9 Å². The number of aromatic nitrogens is 2. The second-order valence-electron chi connectivity index (χ2n) is 10.5. The molecule has 2 heterocycles. The Morgan fingerprint density at radius 2 is 1.73 bits per heavy atom. The minimum Gasteiger partial charge on any atom is -0.481 e. The van der Waals surface area contributed by atoms with Crippen molar-refractivity contribution in [2.75, 3.05) is 6.61 Å². The van der Waals surface area contributed by atoms with Gasteiger partial charge in [-0.25, -0.2) is 9.07 Å². The highest BCUT2D eigenvalue weighted by Gasteiger charge is 2.46. The number of nitrogens with zero attached hydrogens (tertiary/aromatic N) is 2. The summed E-state index contributed by atoms with van der Waals surface area (Å²) in [6, 6.07) is 17.5. The van der Waals surface area contributed by atoms with Crippen LogP contribution < -0.4 is 4.74 Å². The quantitative estimate of drug-likeness (QED) is 0.267. The number of alkyl halides is 1. The molecule has 0 radical (unpaired) electrons. The van der Waals surface area contributed by atoms with Crippen LogP contribution in [0.15, 0.2) is 54.6 Å². The number of aliphatic hydroxyl groups is 3. The topological polar surface area (TPSA) is 134 Å². The highest BCUT2D eigenvalue weighted by molar-refractivity contribution is 5.66. The Hall–Kier alpha value is -3.31. The number of carboxylic acid groups (broad SMARTS) is 1. The average molecular weight is 557 g/mol. The van der Waals surface area contributed by atoms with Gasteiger partial charge in [0.05, 0.1) is 18.8 Å². The van der Waals surface area contributed by atoms with E-state index in [-0.39, 0.29) is 12.3 Å². The lowest BCUT2D eigenvalue weighted by molar-refractivity contribution is -0.266. The number of aryl methyl sites for hydroxylation is 1. The number of rotatable bonds is 12. The molecule has 1 saturated heterocycles. The highest BCUT2D eigenvalue weighted by atomic mass is 19.1. The molecule has 1 aromatic heterocycles. The molecule has 1 aliphatic heterocycles. The van der Waals surface area contributed by atoms with E-state index in [4.69, 9.17) is 19.7 Å². The molecule has 40 heavy (non-hydrogen) atoms. The number of carboxylic acids is 1. The molecule has 10 heteroatoms. The predicted octanol–water partition coefficient (Wildman–Crippen LogP) is 3.21. The summed E-state index contributed by atoms with van der Waals surface area (Å²) in [5.41, 5.74) is 4.51. The van der Waals surface area contributed by atoms with E-state index in [1.165, 1.54) is 0 Å². The molecular weight excluding hydrogens is 519 g/mol. The van der Waals surface area contributed by atoms with Crippen molar-refractivity contribution < 1.29 is 39.1 Å². The van der Waals surface area contributed by atoms with Crippen LogP contribution in [0.2, 0.25) is 0 Å². The van der Waals surface area contributed by atoms with Gasteiger partial charge in [-0.3, -0.25) is 4.79 Å². The van der Waals surface area contributed by atoms with Gasteiger partial charge in [0.1, 0.15) is 18.3 Å². The summed E-state index contributed by atoms with van der Waals surface area (Å²) >= 11 is 0. The summed E-state index contributed by atoms with van der Waals surface area (Å²) in [4.78, 5) is 10.8. The minimum atomic E-state index is -1.96. The minimum absolute atomic E-state index is 0.0212. The van der Waals surface area contributed by atoms with E-state index < -0.39 is 43.3 Å². The molecule has 1 fully saturated rings. The lowest BCUT2D eigenvalue weighted by atomic mass is 9.98. The fraction of sp³-hybridized carbons (Fsp3) is 0.467. The number of benzene rings is 2. The number of carbonyl (C=O) groups is 1. The van der Waals surface area contributed by atoms with Crippen molar-refractivity contribution in [3.05, 3.63) is 82.5 Å². The van der Waals surface area contributed by atoms with Crippen molar-refractivity contribution in [1.29, 1.82) is 0 Å². The van der Waals surface area contributed by atoms with Gasteiger partial charge in [-0.2, -0.15) is 5.10 Å². The maximum atomic E-state index is 14.4. The van der Waals surface area contributed by atoms with Crippen molar-refractivity contribution in [1.82, 2.24) is 9.78 Å². The molecule has 2 aromatic carbocycles. The van der Waals surface area contributed by atoms with Crippen LogP contribution in [0, 0.1) is 0 Å². The predicted molar refractivity (Wildman–Crippen MR) is 145 cm³/mol. The van der Waals surface area contributed by atoms with Crippen LogP contribution in [0.4, 0.5) is 4.39 Å². The van der Waals surface area contributed by atoms with Crippen molar-refractivity contribution in [3.63, 3.8) is 0 Å². The monoisotopic (exact) mass is 556 g/mol. The van der Waals surface area contributed by atoms with Gasteiger partial charge in [-0.05, 0) is 35.4 Å². The molecule has 0 bridgehead atoms. The summed E-state index contributed by atoms with van der Waals surface area (Å²) < 4.78 is 27.8. The lowest BCUT2D eigenvalue weighted by Crippen LogP contribution is -2.58. The number of ether oxygens (including phenoxy) is 2. The van der Waals surface area contributed by atoms with Crippen LogP contribution in [0.1, 0.15) is 60.6 Å². The molecule has 216 valence electrons. The van der Waals surface area contributed by atoms with Gasteiger partial charge >= 0.3 is 5.97 Å². The third-order valence-corrected chi connectivity index (χ3v) is 7.04. The molecule has 0 amide bonds. The summed E-state index contributed by atoms with van der Waals surface area (Å²) in [7, 11) is 0. The molecule has 4 N–H and O–H groups in total. The normalized spacial score (nSPS) is 22.9. The Kier molecular flexibility index (Phi) is 9.91. The Labute approximate surface area is 232 Å². The van der Waals surface area contributed by atoms with Crippen molar-refractivity contribution in [2.24, 2.45) is 0 Å². The van der Waals surface area contributed by atoms with E-state index >= 15 is 0 Å². The van der Waals surface area contributed by atoms with Crippen molar-refractivity contribution in [3.8, 4) is 5.88 Å². The molecule has 4 rings (SSSR count). The Bertz CT molecular complexity index is 1250. The Morgan fingerprint density at radius 3 is 2.35 bits per heavy atom. The first-order valence-corrected chi connectivity index (χ1v) is 13.5. The molecule has 0 aliphatic carbocycles.